The predicted octanol–water partition coefficient (Wildman–Crippen LogP) is 2.65. The zero-order chi connectivity index (χ0) is 14.3. The SMILES string of the molecule is CCNC1C(CN2CCCC2C)C(C)(C)OC1(C)C. The average molecular weight is 268 g/mol. The normalized spacial score (nSPS) is 37.9. The van der Waals surface area contributed by atoms with Gasteiger partial charge in [0.25, 0.3) is 0 Å². The van der Waals surface area contributed by atoms with Gasteiger partial charge in [-0.1, -0.05) is 6.92 Å². The van der Waals surface area contributed by atoms with E-state index in [1.54, 1.807) is 0 Å². The minimum Gasteiger partial charge on any atom is -0.368 e. The molecule has 0 spiro atoms. The predicted molar refractivity (Wildman–Crippen MR) is 80.5 cm³/mol. The standard InChI is InChI=1S/C16H32N2O/c1-7-17-14-13(11-18-10-8-9-12(18)2)15(3,4)19-16(14,5)6/h12-14,17H,7-11H2,1-6H3. The number of likely N-dealkylation sites (tertiary alicyclic amines) is 1. The van der Waals surface area contributed by atoms with Crippen LogP contribution in [-0.2, 0) is 4.74 Å². The van der Waals surface area contributed by atoms with Gasteiger partial charge in [0.2, 0.25) is 0 Å². The van der Waals surface area contributed by atoms with Gasteiger partial charge < -0.3 is 15.0 Å². The van der Waals surface area contributed by atoms with Gasteiger partial charge in [-0.25, -0.2) is 0 Å². The number of hydrogen-bond donors (Lipinski definition) is 1. The Labute approximate surface area is 119 Å². The van der Waals surface area contributed by atoms with Crippen LogP contribution in [0.4, 0.5) is 0 Å². The van der Waals surface area contributed by atoms with Crippen molar-refractivity contribution in [2.24, 2.45) is 5.92 Å². The Kier molecular flexibility index (Phi) is 4.29. The maximum atomic E-state index is 6.37. The first-order chi connectivity index (χ1) is 8.78. The zero-order valence-electron chi connectivity index (χ0n) is 13.6. The molecule has 2 aliphatic rings. The van der Waals surface area contributed by atoms with Crippen LogP contribution in [0.25, 0.3) is 0 Å². The molecule has 112 valence electrons. The molecule has 0 aromatic rings. The van der Waals surface area contributed by atoms with Gasteiger partial charge in [-0.3, -0.25) is 0 Å². The number of nitrogens with zero attached hydrogens (tertiary/aromatic N) is 1. The Hall–Kier alpha value is -0.120. The third-order valence-electron chi connectivity index (χ3n) is 5.12. The first-order valence-corrected chi connectivity index (χ1v) is 7.95. The van der Waals surface area contributed by atoms with Crippen molar-refractivity contribution in [3.05, 3.63) is 0 Å². The molecule has 2 aliphatic heterocycles. The number of hydrogen-bond acceptors (Lipinski definition) is 3. The van der Waals surface area contributed by atoms with E-state index in [4.69, 9.17) is 4.74 Å². The molecule has 3 heteroatoms. The highest BCUT2D eigenvalue weighted by molar-refractivity contribution is 5.06. The van der Waals surface area contributed by atoms with Crippen LogP contribution in [-0.4, -0.2) is 47.8 Å². The minimum absolute atomic E-state index is 0.0430. The van der Waals surface area contributed by atoms with E-state index in [-0.39, 0.29) is 11.2 Å². The van der Waals surface area contributed by atoms with Crippen molar-refractivity contribution in [3.8, 4) is 0 Å². The molecule has 0 aromatic carbocycles. The lowest BCUT2D eigenvalue weighted by Gasteiger charge is -2.34. The summed E-state index contributed by atoms with van der Waals surface area (Å²) in [5.41, 5.74) is -0.119. The van der Waals surface area contributed by atoms with Gasteiger partial charge in [0.15, 0.2) is 0 Å². The van der Waals surface area contributed by atoms with E-state index in [0.717, 1.165) is 19.1 Å². The van der Waals surface area contributed by atoms with Gasteiger partial charge in [0.1, 0.15) is 0 Å². The Morgan fingerprint density at radius 1 is 1.21 bits per heavy atom. The number of nitrogens with one attached hydrogen (secondary N) is 1. The highest BCUT2D eigenvalue weighted by atomic mass is 16.5. The van der Waals surface area contributed by atoms with Crippen molar-refractivity contribution in [3.63, 3.8) is 0 Å². The molecular formula is C16H32N2O. The van der Waals surface area contributed by atoms with Crippen molar-refractivity contribution < 1.29 is 4.74 Å². The lowest BCUT2D eigenvalue weighted by atomic mass is 9.82. The fourth-order valence-corrected chi connectivity index (χ4v) is 4.15. The molecule has 0 aromatic heterocycles. The van der Waals surface area contributed by atoms with E-state index in [9.17, 15) is 0 Å². The summed E-state index contributed by atoms with van der Waals surface area (Å²) in [6.07, 6.45) is 2.70. The molecule has 3 atom stereocenters. The average Bonchev–Trinajstić information content (AvgIpc) is 2.73. The summed E-state index contributed by atoms with van der Waals surface area (Å²) in [5.74, 6) is 0.558. The molecule has 3 nitrogen and oxygen atoms in total. The van der Waals surface area contributed by atoms with Crippen LogP contribution >= 0.6 is 0 Å². The van der Waals surface area contributed by atoms with Gasteiger partial charge in [-0.2, -0.15) is 0 Å². The molecule has 19 heavy (non-hydrogen) atoms. The summed E-state index contributed by atoms with van der Waals surface area (Å²) in [5, 5.41) is 3.68. The molecule has 2 saturated heterocycles. The molecule has 0 saturated carbocycles. The van der Waals surface area contributed by atoms with Crippen LogP contribution in [0.3, 0.4) is 0 Å². The maximum Gasteiger partial charge on any atom is 0.0790 e. The molecule has 2 rings (SSSR count). The second-order valence-electron chi connectivity index (χ2n) is 7.44. The van der Waals surface area contributed by atoms with Crippen LogP contribution in [0.2, 0.25) is 0 Å². The van der Waals surface area contributed by atoms with Gasteiger partial charge in [-0.15, -0.1) is 0 Å². The molecule has 0 bridgehead atoms. The van der Waals surface area contributed by atoms with E-state index >= 15 is 0 Å². The van der Waals surface area contributed by atoms with Crippen LogP contribution in [0, 0.1) is 5.92 Å². The van der Waals surface area contributed by atoms with Crippen LogP contribution in [0.1, 0.15) is 54.4 Å². The second-order valence-corrected chi connectivity index (χ2v) is 7.44. The molecule has 3 unspecified atom stereocenters. The lowest BCUT2D eigenvalue weighted by molar-refractivity contribution is -0.0796. The van der Waals surface area contributed by atoms with Crippen molar-refractivity contribution in [2.75, 3.05) is 19.6 Å². The smallest absolute Gasteiger partial charge is 0.0790 e. The van der Waals surface area contributed by atoms with Crippen molar-refractivity contribution in [1.82, 2.24) is 10.2 Å². The van der Waals surface area contributed by atoms with Gasteiger partial charge in [0.05, 0.1) is 11.2 Å². The fourth-order valence-electron chi connectivity index (χ4n) is 4.15. The first-order valence-electron chi connectivity index (χ1n) is 7.95. The molecule has 0 radical (unpaired) electrons. The highest BCUT2D eigenvalue weighted by Crippen LogP contribution is 2.43. The fraction of sp³-hybridized carbons (Fsp3) is 1.00. The molecule has 2 heterocycles. The van der Waals surface area contributed by atoms with Crippen molar-refractivity contribution in [2.45, 2.75) is 77.7 Å². The van der Waals surface area contributed by atoms with Crippen molar-refractivity contribution in [1.29, 1.82) is 0 Å². The van der Waals surface area contributed by atoms with Crippen molar-refractivity contribution >= 4 is 0 Å². The van der Waals surface area contributed by atoms with Gasteiger partial charge in [0, 0.05) is 24.5 Å². The van der Waals surface area contributed by atoms with E-state index in [0.29, 0.717) is 12.0 Å². The number of likely N-dealkylation sites (N-methyl/N-ethyl adjacent to an activating group) is 1. The molecule has 2 fully saturated rings. The Bertz CT molecular complexity index is 314. The van der Waals surface area contributed by atoms with E-state index in [2.05, 4.69) is 51.8 Å². The maximum absolute atomic E-state index is 6.37. The summed E-state index contributed by atoms with van der Waals surface area (Å²) >= 11 is 0. The minimum atomic E-state index is -0.0763. The third kappa shape index (κ3) is 2.98. The summed E-state index contributed by atoms with van der Waals surface area (Å²) in [7, 11) is 0. The molecular weight excluding hydrogens is 236 g/mol. The topological polar surface area (TPSA) is 24.5 Å². The van der Waals surface area contributed by atoms with Crippen LogP contribution < -0.4 is 5.32 Å². The van der Waals surface area contributed by atoms with Gasteiger partial charge in [-0.05, 0) is 60.5 Å². The second kappa shape index (κ2) is 5.34. The largest absolute Gasteiger partial charge is 0.368 e. The van der Waals surface area contributed by atoms with Gasteiger partial charge >= 0.3 is 0 Å². The molecule has 1 N–H and O–H groups in total. The Morgan fingerprint density at radius 2 is 1.89 bits per heavy atom. The number of ether oxygens (including phenoxy) is 1. The Morgan fingerprint density at radius 3 is 2.42 bits per heavy atom. The highest BCUT2D eigenvalue weighted by Gasteiger charge is 2.53. The van der Waals surface area contributed by atoms with E-state index < -0.39 is 0 Å². The zero-order valence-corrected chi connectivity index (χ0v) is 13.6. The quantitative estimate of drug-likeness (QED) is 0.848. The monoisotopic (exact) mass is 268 g/mol. The lowest BCUT2D eigenvalue weighted by Crippen LogP contribution is -2.51. The number of rotatable bonds is 4. The first kappa shape index (κ1) is 15.3. The summed E-state index contributed by atoms with van der Waals surface area (Å²) < 4.78 is 6.37. The molecule has 0 aliphatic carbocycles. The Balaban J connectivity index is 2.14. The molecule has 0 amide bonds. The van der Waals surface area contributed by atoms with Crippen LogP contribution in [0.15, 0.2) is 0 Å². The third-order valence-corrected chi connectivity index (χ3v) is 5.12. The van der Waals surface area contributed by atoms with Crippen LogP contribution in [0.5, 0.6) is 0 Å². The van der Waals surface area contributed by atoms with E-state index in [1.165, 1.54) is 19.4 Å². The summed E-state index contributed by atoms with van der Waals surface area (Å²) in [4.78, 5) is 2.65. The summed E-state index contributed by atoms with van der Waals surface area (Å²) in [6, 6.07) is 1.18. The summed E-state index contributed by atoms with van der Waals surface area (Å²) in [6.45, 7) is 17.0. The van der Waals surface area contributed by atoms with E-state index in [1.807, 2.05) is 0 Å².